The van der Waals surface area contributed by atoms with Gasteiger partial charge in [-0.05, 0) is 43.7 Å². The molecule has 144 valence electrons. The highest BCUT2D eigenvalue weighted by Gasteiger charge is 2.22. The number of halogens is 1. The quantitative estimate of drug-likeness (QED) is 0.578. The maximum Gasteiger partial charge on any atom is 0.266 e. The standard InChI is InChI=1S/C21H19ClN2O3S/c1-3-24(11-14-4-9-17-18(10-14)27-12-26-17)21(25)19-13(2)23-20(28-19)15-5-7-16(22)8-6-15/h4-10H,3,11-12H2,1-2H3. The summed E-state index contributed by atoms with van der Waals surface area (Å²) >= 11 is 7.37. The van der Waals surface area contributed by atoms with Crippen molar-refractivity contribution in [3.05, 3.63) is 63.6 Å². The van der Waals surface area contributed by atoms with Crippen LogP contribution in [0.4, 0.5) is 0 Å². The average Bonchev–Trinajstić information content (AvgIpc) is 3.32. The minimum absolute atomic E-state index is 0.0182. The Balaban J connectivity index is 1.56. The van der Waals surface area contributed by atoms with Crippen LogP contribution in [-0.4, -0.2) is 29.1 Å². The van der Waals surface area contributed by atoms with Crippen LogP contribution in [0, 0.1) is 6.92 Å². The number of carbonyl (C=O) groups is 1. The molecule has 0 saturated heterocycles. The summed E-state index contributed by atoms with van der Waals surface area (Å²) in [7, 11) is 0. The second-order valence-electron chi connectivity index (χ2n) is 6.45. The van der Waals surface area contributed by atoms with E-state index >= 15 is 0 Å². The lowest BCUT2D eigenvalue weighted by Crippen LogP contribution is -2.30. The molecule has 0 unspecified atom stereocenters. The predicted molar refractivity (Wildman–Crippen MR) is 110 cm³/mol. The molecule has 2 heterocycles. The SMILES string of the molecule is CCN(Cc1ccc2c(c1)OCO2)C(=O)c1sc(-c2ccc(Cl)cc2)nc1C. The van der Waals surface area contributed by atoms with Crippen molar-refractivity contribution in [2.75, 3.05) is 13.3 Å². The highest BCUT2D eigenvalue weighted by molar-refractivity contribution is 7.17. The van der Waals surface area contributed by atoms with Crippen LogP contribution in [0.5, 0.6) is 11.5 Å². The van der Waals surface area contributed by atoms with E-state index in [4.69, 9.17) is 21.1 Å². The van der Waals surface area contributed by atoms with Gasteiger partial charge in [0.15, 0.2) is 11.5 Å². The van der Waals surface area contributed by atoms with E-state index in [9.17, 15) is 4.79 Å². The summed E-state index contributed by atoms with van der Waals surface area (Å²) in [5.74, 6) is 1.44. The third kappa shape index (κ3) is 3.70. The van der Waals surface area contributed by atoms with Crippen molar-refractivity contribution in [3.8, 4) is 22.1 Å². The smallest absolute Gasteiger partial charge is 0.266 e. The molecule has 0 bridgehead atoms. The minimum Gasteiger partial charge on any atom is -0.454 e. The van der Waals surface area contributed by atoms with E-state index in [0.717, 1.165) is 33.3 Å². The normalized spacial score (nSPS) is 12.2. The molecule has 0 atom stereocenters. The third-order valence-corrected chi connectivity index (χ3v) is 6.01. The van der Waals surface area contributed by atoms with Gasteiger partial charge in [-0.1, -0.05) is 29.8 Å². The van der Waals surface area contributed by atoms with Crippen LogP contribution in [0.3, 0.4) is 0 Å². The van der Waals surface area contributed by atoms with E-state index < -0.39 is 0 Å². The first-order valence-corrected chi connectivity index (χ1v) is 10.2. The molecule has 1 amide bonds. The van der Waals surface area contributed by atoms with E-state index in [0.29, 0.717) is 23.0 Å². The zero-order chi connectivity index (χ0) is 19.7. The molecule has 3 aromatic rings. The molecular weight excluding hydrogens is 396 g/mol. The third-order valence-electron chi connectivity index (χ3n) is 4.56. The number of hydrogen-bond donors (Lipinski definition) is 0. The summed E-state index contributed by atoms with van der Waals surface area (Å²) in [6.07, 6.45) is 0. The molecule has 7 heteroatoms. The summed E-state index contributed by atoms with van der Waals surface area (Å²) in [4.78, 5) is 20.2. The maximum atomic E-state index is 13.2. The zero-order valence-electron chi connectivity index (χ0n) is 15.6. The molecule has 1 aromatic heterocycles. The van der Waals surface area contributed by atoms with Crippen molar-refractivity contribution in [2.45, 2.75) is 20.4 Å². The molecule has 28 heavy (non-hydrogen) atoms. The number of hydrogen-bond acceptors (Lipinski definition) is 5. The summed E-state index contributed by atoms with van der Waals surface area (Å²) in [5.41, 5.74) is 2.69. The molecule has 1 aliphatic rings. The average molecular weight is 415 g/mol. The Bertz CT molecular complexity index is 1020. The van der Waals surface area contributed by atoms with Gasteiger partial charge >= 0.3 is 0 Å². The first-order chi connectivity index (χ1) is 13.5. The Morgan fingerprint density at radius 1 is 1.18 bits per heavy atom. The molecule has 0 radical (unpaired) electrons. The molecule has 0 aliphatic carbocycles. The van der Waals surface area contributed by atoms with E-state index in [1.54, 1.807) is 0 Å². The van der Waals surface area contributed by atoms with Gasteiger partial charge in [-0.3, -0.25) is 4.79 Å². The molecule has 1 aliphatic heterocycles. The Labute approximate surface area is 172 Å². The second-order valence-corrected chi connectivity index (χ2v) is 7.88. The molecule has 5 nitrogen and oxygen atoms in total. The minimum atomic E-state index is -0.0182. The van der Waals surface area contributed by atoms with Gasteiger partial charge in [-0.2, -0.15) is 0 Å². The Morgan fingerprint density at radius 2 is 1.93 bits per heavy atom. The van der Waals surface area contributed by atoms with Gasteiger partial charge in [0.25, 0.3) is 5.91 Å². The molecule has 4 rings (SSSR count). The Kier molecular flexibility index (Phi) is 5.24. The predicted octanol–water partition coefficient (Wildman–Crippen LogP) is 5.16. The van der Waals surface area contributed by atoms with Gasteiger partial charge in [-0.15, -0.1) is 11.3 Å². The van der Waals surface area contributed by atoms with Crippen LogP contribution in [0.25, 0.3) is 10.6 Å². The number of aromatic nitrogens is 1. The van der Waals surface area contributed by atoms with Crippen LogP contribution in [-0.2, 0) is 6.54 Å². The molecular formula is C21H19ClN2O3S. The number of rotatable bonds is 5. The largest absolute Gasteiger partial charge is 0.454 e. The summed E-state index contributed by atoms with van der Waals surface area (Å²) in [6, 6.07) is 13.3. The van der Waals surface area contributed by atoms with E-state index in [-0.39, 0.29) is 12.7 Å². The Morgan fingerprint density at radius 3 is 2.68 bits per heavy atom. The van der Waals surface area contributed by atoms with Crippen molar-refractivity contribution in [1.82, 2.24) is 9.88 Å². The van der Waals surface area contributed by atoms with Crippen molar-refractivity contribution >= 4 is 28.8 Å². The lowest BCUT2D eigenvalue weighted by atomic mass is 10.2. The lowest BCUT2D eigenvalue weighted by molar-refractivity contribution is 0.0756. The van der Waals surface area contributed by atoms with Crippen LogP contribution in [0.1, 0.15) is 27.9 Å². The number of thiazole rings is 1. The van der Waals surface area contributed by atoms with Crippen molar-refractivity contribution in [3.63, 3.8) is 0 Å². The van der Waals surface area contributed by atoms with Crippen molar-refractivity contribution in [2.24, 2.45) is 0 Å². The van der Waals surface area contributed by atoms with E-state index in [1.807, 2.05) is 61.2 Å². The maximum absolute atomic E-state index is 13.2. The lowest BCUT2D eigenvalue weighted by Gasteiger charge is -2.20. The second kappa shape index (κ2) is 7.81. The number of ether oxygens (including phenoxy) is 2. The highest BCUT2D eigenvalue weighted by atomic mass is 35.5. The monoisotopic (exact) mass is 414 g/mol. The van der Waals surface area contributed by atoms with Crippen molar-refractivity contribution in [1.29, 1.82) is 0 Å². The van der Waals surface area contributed by atoms with Gasteiger partial charge < -0.3 is 14.4 Å². The number of fused-ring (bicyclic) bond motifs is 1. The number of nitrogens with zero attached hydrogens (tertiary/aromatic N) is 2. The first-order valence-electron chi connectivity index (χ1n) is 8.96. The van der Waals surface area contributed by atoms with Gasteiger partial charge in [-0.25, -0.2) is 4.98 Å². The molecule has 2 aromatic carbocycles. The fourth-order valence-corrected chi connectivity index (χ4v) is 4.21. The molecule has 0 spiro atoms. The van der Waals surface area contributed by atoms with Gasteiger partial charge in [0.2, 0.25) is 6.79 Å². The molecule has 0 saturated carbocycles. The topological polar surface area (TPSA) is 51.7 Å². The van der Waals surface area contributed by atoms with E-state index in [1.165, 1.54) is 11.3 Å². The van der Waals surface area contributed by atoms with Crippen LogP contribution in [0.15, 0.2) is 42.5 Å². The summed E-state index contributed by atoms with van der Waals surface area (Å²) in [6.45, 7) is 5.18. The van der Waals surface area contributed by atoms with Crippen LogP contribution in [0.2, 0.25) is 5.02 Å². The fraction of sp³-hybridized carbons (Fsp3) is 0.238. The number of benzene rings is 2. The number of aryl methyl sites for hydroxylation is 1. The van der Waals surface area contributed by atoms with Crippen LogP contribution >= 0.6 is 22.9 Å². The first kappa shape index (κ1) is 18.8. The molecule has 0 N–H and O–H groups in total. The van der Waals surface area contributed by atoms with Crippen molar-refractivity contribution < 1.29 is 14.3 Å². The summed E-state index contributed by atoms with van der Waals surface area (Å²) in [5, 5.41) is 1.49. The van der Waals surface area contributed by atoms with Gasteiger partial charge in [0.05, 0.1) is 5.69 Å². The molecule has 0 fully saturated rings. The number of carbonyl (C=O) groups excluding carboxylic acids is 1. The summed E-state index contributed by atoms with van der Waals surface area (Å²) < 4.78 is 10.8. The highest BCUT2D eigenvalue weighted by Crippen LogP contribution is 2.33. The fourth-order valence-electron chi connectivity index (χ4n) is 3.04. The zero-order valence-corrected chi connectivity index (χ0v) is 17.1. The van der Waals surface area contributed by atoms with E-state index in [2.05, 4.69) is 4.98 Å². The van der Waals surface area contributed by atoms with Gasteiger partial charge in [0, 0.05) is 23.7 Å². The van der Waals surface area contributed by atoms with Crippen LogP contribution < -0.4 is 9.47 Å². The number of amides is 1. The Hall–Kier alpha value is -2.57. The van der Waals surface area contributed by atoms with Gasteiger partial charge in [0.1, 0.15) is 9.88 Å².